The van der Waals surface area contributed by atoms with Gasteiger partial charge in [-0.1, -0.05) is 38.1 Å². The Morgan fingerprint density at radius 3 is 2.60 bits per heavy atom. The SMILES string of the molecule is CC(C)[C@@H](NCc1cccc(OCc2cccc(C#N)c2)c1)C(=O)O. The summed E-state index contributed by atoms with van der Waals surface area (Å²) in [6, 6.07) is 16.4. The molecular weight excluding hydrogens is 316 g/mol. The molecular formula is C20H22N2O3. The van der Waals surface area contributed by atoms with Crippen LogP contribution in [0.3, 0.4) is 0 Å². The fraction of sp³-hybridized carbons (Fsp3) is 0.300. The summed E-state index contributed by atoms with van der Waals surface area (Å²) in [6.07, 6.45) is 0. The summed E-state index contributed by atoms with van der Waals surface area (Å²) in [5.41, 5.74) is 2.48. The number of nitriles is 1. The van der Waals surface area contributed by atoms with Crippen molar-refractivity contribution in [2.45, 2.75) is 33.0 Å². The van der Waals surface area contributed by atoms with Crippen molar-refractivity contribution in [2.75, 3.05) is 0 Å². The molecule has 0 fully saturated rings. The quantitative estimate of drug-likeness (QED) is 0.771. The van der Waals surface area contributed by atoms with Gasteiger partial charge in [0.15, 0.2) is 0 Å². The highest BCUT2D eigenvalue weighted by molar-refractivity contribution is 5.73. The van der Waals surface area contributed by atoms with E-state index < -0.39 is 12.0 Å². The highest BCUT2D eigenvalue weighted by Crippen LogP contribution is 2.16. The number of carbonyl (C=O) groups is 1. The minimum atomic E-state index is -0.847. The molecule has 0 aliphatic heterocycles. The van der Waals surface area contributed by atoms with Gasteiger partial charge in [-0.25, -0.2) is 0 Å². The van der Waals surface area contributed by atoms with Crippen molar-refractivity contribution >= 4 is 5.97 Å². The average molecular weight is 338 g/mol. The van der Waals surface area contributed by atoms with Crippen molar-refractivity contribution in [1.29, 1.82) is 5.26 Å². The van der Waals surface area contributed by atoms with E-state index in [1.807, 2.05) is 50.2 Å². The number of aliphatic carboxylic acids is 1. The van der Waals surface area contributed by atoms with Gasteiger partial charge in [-0.05, 0) is 41.3 Å². The first-order valence-electron chi connectivity index (χ1n) is 8.16. The Balaban J connectivity index is 1.96. The molecule has 2 rings (SSSR count). The molecule has 0 heterocycles. The highest BCUT2D eigenvalue weighted by Gasteiger charge is 2.20. The number of hydrogen-bond acceptors (Lipinski definition) is 4. The molecule has 5 nitrogen and oxygen atoms in total. The van der Waals surface area contributed by atoms with E-state index >= 15 is 0 Å². The molecule has 0 radical (unpaired) electrons. The Kier molecular flexibility index (Phi) is 6.55. The second kappa shape index (κ2) is 8.86. The maximum Gasteiger partial charge on any atom is 0.320 e. The Morgan fingerprint density at radius 1 is 1.20 bits per heavy atom. The second-order valence-corrected chi connectivity index (χ2v) is 6.19. The van der Waals surface area contributed by atoms with E-state index in [1.54, 1.807) is 12.1 Å². The first-order chi connectivity index (χ1) is 12.0. The maximum atomic E-state index is 11.2. The molecule has 5 heteroatoms. The predicted octanol–water partition coefficient (Wildman–Crippen LogP) is 3.34. The molecule has 25 heavy (non-hydrogen) atoms. The first-order valence-corrected chi connectivity index (χ1v) is 8.16. The van der Waals surface area contributed by atoms with Gasteiger partial charge in [0.1, 0.15) is 18.4 Å². The third kappa shape index (κ3) is 5.63. The normalized spacial score (nSPS) is 11.8. The van der Waals surface area contributed by atoms with E-state index in [1.165, 1.54) is 0 Å². The van der Waals surface area contributed by atoms with E-state index in [2.05, 4.69) is 11.4 Å². The van der Waals surface area contributed by atoms with Gasteiger partial charge < -0.3 is 15.2 Å². The fourth-order valence-corrected chi connectivity index (χ4v) is 2.48. The van der Waals surface area contributed by atoms with Crippen molar-refractivity contribution in [3.8, 4) is 11.8 Å². The topological polar surface area (TPSA) is 82.3 Å². The van der Waals surface area contributed by atoms with Crippen molar-refractivity contribution in [3.63, 3.8) is 0 Å². The van der Waals surface area contributed by atoms with Crippen LogP contribution in [0.15, 0.2) is 48.5 Å². The second-order valence-electron chi connectivity index (χ2n) is 6.19. The fourth-order valence-electron chi connectivity index (χ4n) is 2.48. The lowest BCUT2D eigenvalue weighted by Gasteiger charge is -2.18. The Labute approximate surface area is 147 Å². The smallest absolute Gasteiger partial charge is 0.320 e. The van der Waals surface area contributed by atoms with Crippen LogP contribution >= 0.6 is 0 Å². The highest BCUT2D eigenvalue weighted by atomic mass is 16.5. The summed E-state index contributed by atoms with van der Waals surface area (Å²) in [6.45, 7) is 4.58. The first kappa shape index (κ1) is 18.5. The van der Waals surface area contributed by atoms with Crippen LogP contribution in [0.1, 0.15) is 30.5 Å². The zero-order valence-electron chi connectivity index (χ0n) is 14.4. The summed E-state index contributed by atoms with van der Waals surface area (Å²) < 4.78 is 5.78. The molecule has 0 spiro atoms. The van der Waals surface area contributed by atoms with Crippen LogP contribution in [-0.4, -0.2) is 17.1 Å². The number of ether oxygens (including phenoxy) is 1. The number of nitrogens with one attached hydrogen (secondary N) is 1. The molecule has 2 aromatic carbocycles. The molecule has 0 aromatic heterocycles. The van der Waals surface area contributed by atoms with Gasteiger partial charge in [-0.3, -0.25) is 4.79 Å². The van der Waals surface area contributed by atoms with Gasteiger partial charge in [-0.2, -0.15) is 5.26 Å². The molecule has 0 aliphatic rings. The van der Waals surface area contributed by atoms with Crippen LogP contribution in [0, 0.1) is 17.2 Å². The van der Waals surface area contributed by atoms with Gasteiger partial charge >= 0.3 is 5.97 Å². The molecule has 1 atom stereocenters. The number of hydrogen-bond donors (Lipinski definition) is 2. The molecule has 0 bridgehead atoms. The third-order valence-electron chi connectivity index (χ3n) is 3.82. The summed E-state index contributed by atoms with van der Waals surface area (Å²) in [5.74, 6) is -0.137. The average Bonchev–Trinajstić information content (AvgIpc) is 2.60. The Bertz CT molecular complexity index is 766. The van der Waals surface area contributed by atoms with Crippen LogP contribution in [0.4, 0.5) is 0 Å². The monoisotopic (exact) mass is 338 g/mol. The van der Waals surface area contributed by atoms with Crippen LogP contribution in [0.5, 0.6) is 5.75 Å². The number of nitrogens with zero attached hydrogens (tertiary/aromatic N) is 1. The standard InChI is InChI=1S/C20H22N2O3/c1-14(2)19(20(23)24)22-12-16-6-4-8-18(10-16)25-13-17-7-3-5-15(9-17)11-21/h3-10,14,19,22H,12-13H2,1-2H3,(H,23,24)/t19-/m1/s1. The van der Waals surface area contributed by atoms with E-state index in [-0.39, 0.29) is 5.92 Å². The van der Waals surface area contributed by atoms with Crippen LogP contribution in [-0.2, 0) is 17.9 Å². The molecule has 0 aliphatic carbocycles. The van der Waals surface area contributed by atoms with Crippen LogP contribution in [0.2, 0.25) is 0 Å². The molecule has 0 saturated heterocycles. The van der Waals surface area contributed by atoms with E-state index in [0.29, 0.717) is 24.5 Å². The van der Waals surface area contributed by atoms with E-state index in [0.717, 1.165) is 11.1 Å². The van der Waals surface area contributed by atoms with Crippen molar-refractivity contribution in [3.05, 3.63) is 65.2 Å². The maximum absolute atomic E-state index is 11.2. The molecule has 0 unspecified atom stereocenters. The predicted molar refractivity (Wildman–Crippen MR) is 95.0 cm³/mol. The van der Waals surface area contributed by atoms with Gasteiger partial charge in [0, 0.05) is 6.54 Å². The summed E-state index contributed by atoms with van der Waals surface area (Å²) in [4.78, 5) is 11.2. The molecule has 130 valence electrons. The Morgan fingerprint density at radius 2 is 1.92 bits per heavy atom. The number of carboxylic acid groups (broad SMARTS) is 1. The third-order valence-corrected chi connectivity index (χ3v) is 3.82. The molecule has 2 aromatic rings. The largest absolute Gasteiger partial charge is 0.489 e. The molecule has 0 saturated carbocycles. The van der Waals surface area contributed by atoms with Crippen LogP contribution < -0.4 is 10.1 Å². The van der Waals surface area contributed by atoms with E-state index in [4.69, 9.17) is 10.00 Å². The molecule has 0 amide bonds. The summed E-state index contributed by atoms with van der Waals surface area (Å²) in [5, 5.41) is 21.2. The number of rotatable bonds is 8. The zero-order valence-corrected chi connectivity index (χ0v) is 14.4. The lowest BCUT2D eigenvalue weighted by atomic mass is 10.0. The lowest BCUT2D eigenvalue weighted by Crippen LogP contribution is -2.40. The van der Waals surface area contributed by atoms with Crippen molar-refractivity contribution in [1.82, 2.24) is 5.32 Å². The Hall–Kier alpha value is -2.84. The van der Waals surface area contributed by atoms with Gasteiger partial charge in [0.25, 0.3) is 0 Å². The van der Waals surface area contributed by atoms with Gasteiger partial charge in [0.05, 0.1) is 11.6 Å². The zero-order chi connectivity index (χ0) is 18.2. The number of carboxylic acids is 1. The number of benzene rings is 2. The van der Waals surface area contributed by atoms with Crippen molar-refractivity contribution in [2.24, 2.45) is 5.92 Å². The summed E-state index contributed by atoms with van der Waals surface area (Å²) in [7, 11) is 0. The van der Waals surface area contributed by atoms with Crippen molar-refractivity contribution < 1.29 is 14.6 Å². The van der Waals surface area contributed by atoms with Gasteiger partial charge in [0.2, 0.25) is 0 Å². The minimum Gasteiger partial charge on any atom is -0.489 e. The lowest BCUT2D eigenvalue weighted by molar-refractivity contribution is -0.140. The van der Waals surface area contributed by atoms with E-state index in [9.17, 15) is 9.90 Å². The summed E-state index contributed by atoms with van der Waals surface area (Å²) >= 11 is 0. The van der Waals surface area contributed by atoms with Crippen LogP contribution in [0.25, 0.3) is 0 Å². The van der Waals surface area contributed by atoms with Gasteiger partial charge in [-0.15, -0.1) is 0 Å². The minimum absolute atomic E-state index is 0.00402. The molecule has 2 N–H and O–H groups in total.